The molecule has 1 fully saturated rings. The van der Waals surface area contributed by atoms with Crippen molar-refractivity contribution in [2.75, 3.05) is 40.0 Å². The number of rotatable bonds is 3. The van der Waals surface area contributed by atoms with Gasteiger partial charge in [-0.1, -0.05) is 0 Å². The number of ether oxygens (including phenoxy) is 1. The molecule has 2 N–H and O–H groups in total. The van der Waals surface area contributed by atoms with Gasteiger partial charge in [0.05, 0.1) is 12.8 Å². The molecule has 1 atom stereocenters. The van der Waals surface area contributed by atoms with E-state index in [0.29, 0.717) is 17.0 Å². The van der Waals surface area contributed by atoms with Crippen molar-refractivity contribution >= 4 is 11.6 Å². The first-order chi connectivity index (χ1) is 9.52. The van der Waals surface area contributed by atoms with Crippen LogP contribution >= 0.6 is 0 Å². The summed E-state index contributed by atoms with van der Waals surface area (Å²) < 4.78 is 5.17. The molecule has 1 aliphatic rings. The van der Waals surface area contributed by atoms with Gasteiger partial charge in [-0.25, -0.2) is 0 Å². The van der Waals surface area contributed by atoms with Crippen LogP contribution in [0.2, 0.25) is 0 Å². The molecule has 0 saturated carbocycles. The Labute approximate surface area is 120 Å². The Morgan fingerprint density at radius 3 is 2.90 bits per heavy atom. The normalized spacial score (nSPS) is 19.6. The lowest BCUT2D eigenvalue weighted by molar-refractivity contribution is 0.0643. The van der Waals surface area contributed by atoms with Crippen molar-refractivity contribution in [1.82, 2.24) is 9.80 Å². The molecular weight excluding hydrogens is 254 g/mol. The molecule has 5 heteroatoms. The molecule has 0 spiro atoms. The topological polar surface area (TPSA) is 58.8 Å². The van der Waals surface area contributed by atoms with E-state index in [4.69, 9.17) is 10.5 Å². The molecule has 0 radical (unpaired) electrons. The zero-order valence-corrected chi connectivity index (χ0v) is 12.4. The fraction of sp³-hybridized carbons (Fsp3) is 0.533. The molecule has 2 rings (SSSR count). The molecule has 20 heavy (non-hydrogen) atoms. The summed E-state index contributed by atoms with van der Waals surface area (Å²) in [7, 11) is 5.52. The van der Waals surface area contributed by atoms with Gasteiger partial charge in [-0.2, -0.15) is 0 Å². The number of nitrogens with zero attached hydrogens (tertiary/aromatic N) is 2. The van der Waals surface area contributed by atoms with Crippen LogP contribution in [-0.2, 0) is 0 Å². The maximum Gasteiger partial charge on any atom is 0.254 e. The van der Waals surface area contributed by atoms with Crippen LogP contribution < -0.4 is 10.5 Å². The molecule has 5 nitrogen and oxygen atoms in total. The third kappa shape index (κ3) is 3.04. The zero-order chi connectivity index (χ0) is 14.7. The number of benzene rings is 1. The highest BCUT2D eigenvalue weighted by Gasteiger charge is 2.25. The van der Waals surface area contributed by atoms with E-state index in [1.54, 1.807) is 25.3 Å². The van der Waals surface area contributed by atoms with E-state index in [-0.39, 0.29) is 11.9 Å². The number of likely N-dealkylation sites (N-methyl/N-ethyl adjacent to an activating group) is 2. The highest BCUT2D eigenvalue weighted by atomic mass is 16.5. The second-order valence-electron chi connectivity index (χ2n) is 5.43. The summed E-state index contributed by atoms with van der Waals surface area (Å²) >= 11 is 0. The van der Waals surface area contributed by atoms with Crippen molar-refractivity contribution < 1.29 is 9.53 Å². The Morgan fingerprint density at radius 1 is 1.50 bits per heavy atom. The van der Waals surface area contributed by atoms with Gasteiger partial charge in [0, 0.05) is 25.2 Å². The summed E-state index contributed by atoms with van der Waals surface area (Å²) in [5.41, 5.74) is 6.94. The fourth-order valence-electron chi connectivity index (χ4n) is 2.67. The van der Waals surface area contributed by atoms with E-state index < -0.39 is 0 Å². The maximum atomic E-state index is 12.5. The largest absolute Gasteiger partial charge is 0.495 e. The number of carbonyl (C=O) groups excluding carboxylic acids is 1. The summed E-state index contributed by atoms with van der Waals surface area (Å²) in [5, 5.41) is 0. The van der Waals surface area contributed by atoms with Crippen LogP contribution in [0.5, 0.6) is 5.75 Å². The minimum absolute atomic E-state index is 0.0172. The maximum absolute atomic E-state index is 12.5. The predicted octanol–water partition coefficient (Wildman–Crippen LogP) is 1.44. The fourth-order valence-corrected chi connectivity index (χ4v) is 2.67. The SMILES string of the molecule is COc1cc(C(=O)N(C)C2CCCN(C)C2)ccc1N. The molecule has 0 bridgehead atoms. The number of nitrogens with two attached hydrogens (primary N) is 1. The highest BCUT2D eigenvalue weighted by Crippen LogP contribution is 2.24. The number of likely N-dealkylation sites (tertiary alicyclic amines) is 1. The van der Waals surface area contributed by atoms with Crippen molar-refractivity contribution in [3.05, 3.63) is 23.8 Å². The van der Waals surface area contributed by atoms with Gasteiger partial charge < -0.3 is 20.3 Å². The molecular formula is C15H23N3O2. The van der Waals surface area contributed by atoms with Crippen LogP contribution in [0.1, 0.15) is 23.2 Å². The monoisotopic (exact) mass is 277 g/mol. The first kappa shape index (κ1) is 14.7. The van der Waals surface area contributed by atoms with Gasteiger partial charge in [0.2, 0.25) is 0 Å². The van der Waals surface area contributed by atoms with Crippen LogP contribution in [-0.4, -0.2) is 56.0 Å². The van der Waals surface area contributed by atoms with Crippen molar-refractivity contribution in [3.8, 4) is 5.75 Å². The lowest BCUT2D eigenvalue weighted by Crippen LogP contribution is -2.47. The number of amides is 1. The minimum Gasteiger partial charge on any atom is -0.495 e. The van der Waals surface area contributed by atoms with Gasteiger partial charge in [-0.3, -0.25) is 4.79 Å². The van der Waals surface area contributed by atoms with Crippen LogP contribution in [0.4, 0.5) is 5.69 Å². The molecule has 110 valence electrons. The number of carbonyl (C=O) groups is 1. The van der Waals surface area contributed by atoms with Gasteiger partial charge in [-0.05, 0) is 44.6 Å². The Balaban J connectivity index is 2.13. The zero-order valence-electron chi connectivity index (χ0n) is 12.4. The van der Waals surface area contributed by atoms with Gasteiger partial charge in [-0.15, -0.1) is 0 Å². The molecule has 1 aromatic rings. The minimum atomic E-state index is 0.0172. The number of anilines is 1. The smallest absolute Gasteiger partial charge is 0.254 e. The number of hydrogen-bond donors (Lipinski definition) is 1. The van der Waals surface area contributed by atoms with E-state index in [1.165, 1.54) is 0 Å². The summed E-state index contributed by atoms with van der Waals surface area (Å²) in [4.78, 5) is 16.6. The Hall–Kier alpha value is -1.75. The van der Waals surface area contributed by atoms with Crippen molar-refractivity contribution in [3.63, 3.8) is 0 Å². The number of piperidine rings is 1. The van der Waals surface area contributed by atoms with Crippen LogP contribution in [0.25, 0.3) is 0 Å². The standard InChI is InChI=1S/C15H23N3O2/c1-17-8-4-5-12(10-17)18(2)15(19)11-6-7-13(16)14(9-11)20-3/h6-7,9,12H,4-5,8,10,16H2,1-3H3. The van der Waals surface area contributed by atoms with Gasteiger partial charge in [0.1, 0.15) is 5.75 Å². The Kier molecular flexibility index (Phi) is 4.49. The molecule has 1 unspecified atom stereocenters. The number of methoxy groups -OCH3 is 1. The Bertz CT molecular complexity index is 490. The second kappa shape index (κ2) is 6.13. The molecule has 1 amide bonds. The van der Waals surface area contributed by atoms with E-state index in [9.17, 15) is 4.79 Å². The van der Waals surface area contributed by atoms with Gasteiger partial charge in [0.25, 0.3) is 5.91 Å². The first-order valence-corrected chi connectivity index (χ1v) is 6.92. The molecule has 0 aliphatic carbocycles. The predicted molar refractivity (Wildman–Crippen MR) is 80.0 cm³/mol. The average molecular weight is 277 g/mol. The molecule has 1 aliphatic heterocycles. The van der Waals surface area contributed by atoms with Crippen molar-refractivity contribution in [2.24, 2.45) is 0 Å². The molecule has 1 aromatic carbocycles. The van der Waals surface area contributed by atoms with Gasteiger partial charge >= 0.3 is 0 Å². The lowest BCUT2D eigenvalue weighted by Gasteiger charge is -2.35. The first-order valence-electron chi connectivity index (χ1n) is 6.92. The average Bonchev–Trinajstić information content (AvgIpc) is 2.46. The van der Waals surface area contributed by atoms with Crippen LogP contribution in [0.3, 0.4) is 0 Å². The van der Waals surface area contributed by atoms with Crippen LogP contribution in [0.15, 0.2) is 18.2 Å². The quantitative estimate of drug-likeness (QED) is 0.849. The van der Waals surface area contributed by atoms with E-state index >= 15 is 0 Å². The third-order valence-corrected chi connectivity index (χ3v) is 3.95. The van der Waals surface area contributed by atoms with Crippen molar-refractivity contribution in [2.45, 2.75) is 18.9 Å². The summed E-state index contributed by atoms with van der Waals surface area (Å²) in [6.45, 7) is 2.03. The summed E-state index contributed by atoms with van der Waals surface area (Å²) in [6, 6.07) is 5.45. The van der Waals surface area contributed by atoms with E-state index in [2.05, 4.69) is 11.9 Å². The van der Waals surface area contributed by atoms with E-state index in [0.717, 1.165) is 25.9 Å². The number of nitrogen functional groups attached to an aromatic ring is 1. The molecule has 1 saturated heterocycles. The lowest BCUT2D eigenvalue weighted by atomic mass is 10.0. The van der Waals surface area contributed by atoms with Crippen LogP contribution in [0, 0.1) is 0 Å². The number of hydrogen-bond acceptors (Lipinski definition) is 4. The molecule has 1 heterocycles. The summed E-state index contributed by atoms with van der Waals surface area (Å²) in [6.07, 6.45) is 2.18. The van der Waals surface area contributed by atoms with Crippen molar-refractivity contribution in [1.29, 1.82) is 0 Å². The molecule has 0 aromatic heterocycles. The Morgan fingerprint density at radius 2 is 2.25 bits per heavy atom. The third-order valence-electron chi connectivity index (χ3n) is 3.95. The second-order valence-corrected chi connectivity index (χ2v) is 5.43. The summed E-state index contributed by atoms with van der Waals surface area (Å²) in [5.74, 6) is 0.564. The highest BCUT2D eigenvalue weighted by molar-refractivity contribution is 5.95. The van der Waals surface area contributed by atoms with E-state index in [1.807, 2.05) is 11.9 Å². The van der Waals surface area contributed by atoms with Gasteiger partial charge in [0.15, 0.2) is 0 Å².